The number of carbonyl (C=O) groups excluding carboxylic acids is 2. The maximum atomic E-state index is 12.5. The highest BCUT2D eigenvalue weighted by Crippen LogP contribution is 2.25. The van der Waals surface area contributed by atoms with Crippen LogP contribution < -0.4 is 30.7 Å². The van der Waals surface area contributed by atoms with Gasteiger partial charge in [-0.3, -0.25) is 9.97 Å². The third kappa shape index (κ3) is 11.5. The molecule has 0 spiro atoms. The molecule has 6 N–H and O–H groups in total. The van der Waals surface area contributed by atoms with E-state index < -0.39 is 32.1 Å². The van der Waals surface area contributed by atoms with Crippen LogP contribution in [0.3, 0.4) is 0 Å². The van der Waals surface area contributed by atoms with Crippen LogP contribution in [0.25, 0.3) is 0 Å². The average molecular weight is 697 g/mol. The predicted molar refractivity (Wildman–Crippen MR) is 185 cm³/mol. The van der Waals surface area contributed by atoms with E-state index in [0.29, 0.717) is 11.4 Å². The van der Waals surface area contributed by atoms with E-state index in [0.717, 1.165) is 22.5 Å². The molecule has 4 aromatic rings. The van der Waals surface area contributed by atoms with Crippen molar-refractivity contribution in [1.82, 2.24) is 30.0 Å². The second-order valence-electron chi connectivity index (χ2n) is 11.2. The number of aromatic nitrogens is 2. The van der Waals surface area contributed by atoms with Gasteiger partial charge in [0, 0.05) is 48.2 Å². The summed E-state index contributed by atoms with van der Waals surface area (Å²) in [7, 11) is -8.11. The van der Waals surface area contributed by atoms with Crippen molar-refractivity contribution in [3.63, 3.8) is 0 Å². The Balaban J connectivity index is 0.000000260. The molecule has 0 fully saturated rings. The minimum absolute atomic E-state index is 0.106. The Bertz CT molecular complexity index is 1810. The Morgan fingerprint density at radius 2 is 0.979 bits per heavy atom. The number of amides is 4. The first-order chi connectivity index (χ1) is 22.6. The van der Waals surface area contributed by atoms with Crippen molar-refractivity contribution in [2.75, 3.05) is 10.6 Å². The first-order valence-corrected chi connectivity index (χ1v) is 17.7. The number of nitrogens with one attached hydrogen (secondary N) is 6. The molecule has 4 amide bonds. The molecule has 0 saturated carbocycles. The molecule has 2 heterocycles. The van der Waals surface area contributed by atoms with E-state index in [1.165, 1.54) is 36.9 Å². The number of pyridine rings is 2. The zero-order valence-corrected chi connectivity index (χ0v) is 29.0. The van der Waals surface area contributed by atoms with E-state index in [2.05, 4.69) is 31.2 Å². The molecule has 2 aromatic carbocycles. The quantitative estimate of drug-likeness (QED) is 0.130. The number of hydrogen-bond donors (Lipinski definition) is 6. The Morgan fingerprint density at radius 1 is 0.604 bits per heavy atom. The standard InChI is InChI=1S/2C16H20N4O3S/c2*1-11(2)18-16(21)20-24(22,23)15-10-17-8-7-14(15)19-13-6-4-5-12(3)9-13/h2*4-11H,1-3H3,(H,17,19)(H2,18,20,21). The third-order valence-electron chi connectivity index (χ3n) is 6.04. The van der Waals surface area contributed by atoms with Gasteiger partial charge in [-0.2, -0.15) is 0 Å². The molecule has 4 rings (SSSR count). The number of carbonyl (C=O) groups is 2. The fraction of sp³-hybridized carbons (Fsp3) is 0.250. The highest BCUT2D eigenvalue weighted by atomic mass is 32.2. The summed E-state index contributed by atoms with van der Waals surface area (Å²) >= 11 is 0. The highest BCUT2D eigenvalue weighted by Gasteiger charge is 2.23. The molecule has 16 heteroatoms. The topological polar surface area (TPSA) is 200 Å². The van der Waals surface area contributed by atoms with E-state index in [9.17, 15) is 26.4 Å². The van der Waals surface area contributed by atoms with Gasteiger partial charge < -0.3 is 21.3 Å². The predicted octanol–water partition coefficient (Wildman–Crippen LogP) is 5.06. The summed E-state index contributed by atoms with van der Waals surface area (Å²) in [5, 5.41) is 11.0. The molecule has 0 aliphatic rings. The summed E-state index contributed by atoms with van der Waals surface area (Å²) in [6.07, 6.45) is 5.35. The Morgan fingerprint density at radius 3 is 1.31 bits per heavy atom. The van der Waals surface area contributed by atoms with E-state index in [1.807, 2.05) is 71.8 Å². The number of benzene rings is 2. The van der Waals surface area contributed by atoms with Crippen molar-refractivity contribution in [1.29, 1.82) is 0 Å². The highest BCUT2D eigenvalue weighted by molar-refractivity contribution is 7.90. The second kappa shape index (κ2) is 16.6. The molecule has 48 heavy (non-hydrogen) atoms. The van der Waals surface area contributed by atoms with Crippen molar-refractivity contribution in [3.05, 3.63) is 96.6 Å². The molecule has 0 unspecified atom stereocenters. The van der Waals surface area contributed by atoms with Gasteiger partial charge in [0.05, 0.1) is 11.4 Å². The molecule has 14 nitrogen and oxygen atoms in total. The summed E-state index contributed by atoms with van der Waals surface area (Å²) in [6.45, 7) is 10.8. The van der Waals surface area contributed by atoms with Crippen LogP contribution in [0.5, 0.6) is 0 Å². The lowest BCUT2D eigenvalue weighted by molar-refractivity contribution is 0.242. The maximum absolute atomic E-state index is 12.5. The molecular formula is C32H40N8O6S2. The van der Waals surface area contributed by atoms with Gasteiger partial charge in [-0.15, -0.1) is 0 Å². The lowest BCUT2D eigenvalue weighted by Gasteiger charge is -2.14. The minimum atomic E-state index is -4.05. The minimum Gasteiger partial charge on any atom is -0.354 e. The summed E-state index contributed by atoms with van der Waals surface area (Å²) in [5.74, 6) is 0. The van der Waals surface area contributed by atoms with Crippen LogP contribution in [-0.4, -0.2) is 50.9 Å². The molecule has 0 atom stereocenters. The summed E-state index contributed by atoms with van der Waals surface area (Å²) in [6, 6.07) is 16.2. The van der Waals surface area contributed by atoms with Gasteiger partial charge in [0.2, 0.25) is 0 Å². The first kappa shape index (κ1) is 37.2. The first-order valence-electron chi connectivity index (χ1n) is 14.8. The van der Waals surface area contributed by atoms with E-state index in [1.54, 1.807) is 27.7 Å². The largest absolute Gasteiger partial charge is 0.354 e. The molecule has 256 valence electrons. The van der Waals surface area contributed by atoms with Crippen LogP contribution in [0.1, 0.15) is 38.8 Å². The Labute approximate surface area is 281 Å². The average Bonchev–Trinajstić information content (AvgIpc) is 2.96. The van der Waals surface area contributed by atoms with Crippen LogP contribution in [0.2, 0.25) is 0 Å². The van der Waals surface area contributed by atoms with Crippen LogP contribution in [0.4, 0.5) is 32.3 Å². The zero-order chi connectivity index (χ0) is 35.5. The number of sulfonamides is 2. The summed E-state index contributed by atoms with van der Waals surface area (Å²) < 4.78 is 53.8. The lowest BCUT2D eigenvalue weighted by atomic mass is 10.2. The maximum Gasteiger partial charge on any atom is 0.328 e. The number of rotatable bonds is 10. The van der Waals surface area contributed by atoms with Gasteiger partial charge in [-0.1, -0.05) is 24.3 Å². The molecule has 0 radical (unpaired) electrons. The number of aryl methyl sites for hydroxylation is 2. The van der Waals surface area contributed by atoms with Crippen LogP contribution in [-0.2, 0) is 20.0 Å². The monoisotopic (exact) mass is 696 g/mol. The normalized spacial score (nSPS) is 11.2. The van der Waals surface area contributed by atoms with Crippen molar-refractivity contribution < 1.29 is 26.4 Å². The molecule has 2 aromatic heterocycles. The SMILES string of the molecule is Cc1cccc(Nc2ccncc2S(=O)(=O)NC(=O)NC(C)C)c1.Cc1cccc(Nc2ccncc2S(=O)(=O)NC(=O)NC(C)C)c1. The van der Waals surface area contributed by atoms with Crippen molar-refractivity contribution in [3.8, 4) is 0 Å². The van der Waals surface area contributed by atoms with E-state index in [-0.39, 0.29) is 21.9 Å². The Hall–Kier alpha value is -5.22. The van der Waals surface area contributed by atoms with Gasteiger partial charge in [-0.05, 0) is 89.1 Å². The number of urea groups is 2. The van der Waals surface area contributed by atoms with Gasteiger partial charge in [0.1, 0.15) is 9.79 Å². The van der Waals surface area contributed by atoms with Gasteiger partial charge in [0.25, 0.3) is 20.0 Å². The van der Waals surface area contributed by atoms with Crippen LogP contribution >= 0.6 is 0 Å². The van der Waals surface area contributed by atoms with Crippen molar-refractivity contribution in [2.45, 2.75) is 63.4 Å². The molecular weight excluding hydrogens is 657 g/mol. The van der Waals surface area contributed by atoms with E-state index in [4.69, 9.17) is 0 Å². The third-order valence-corrected chi connectivity index (χ3v) is 8.75. The van der Waals surface area contributed by atoms with E-state index >= 15 is 0 Å². The molecule has 0 saturated heterocycles. The zero-order valence-electron chi connectivity index (χ0n) is 27.4. The fourth-order valence-electron chi connectivity index (χ4n) is 4.09. The molecule has 0 aliphatic heterocycles. The number of anilines is 4. The molecule has 0 aliphatic carbocycles. The number of nitrogens with zero attached hydrogens (tertiary/aromatic N) is 2. The van der Waals surface area contributed by atoms with Gasteiger partial charge >= 0.3 is 12.1 Å². The van der Waals surface area contributed by atoms with Crippen molar-refractivity contribution >= 4 is 54.9 Å². The summed E-state index contributed by atoms with van der Waals surface area (Å²) in [4.78, 5) is 30.9. The van der Waals surface area contributed by atoms with Gasteiger partial charge in [0.15, 0.2) is 0 Å². The smallest absolute Gasteiger partial charge is 0.328 e. The molecule has 0 bridgehead atoms. The van der Waals surface area contributed by atoms with Crippen LogP contribution in [0, 0.1) is 13.8 Å². The van der Waals surface area contributed by atoms with Crippen LogP contribution in [0.15, 0.2) is 95.2 Å². The van der Waals surface area contributed by atoms with Gasteiger partial charge in [-0.25, -0.2) is 35.9 Å². The fourth-order valence-corrected chi connectivity index (χ4v) is 6.13. The Kier molecular flexibility index (Phi) is 12.8. The number of hydrogen-bond acceptors (Lipinski definition) is 10. The lowest BCUT2D eigenvalue weighted by Crippen LogP contribution is -2.42. The van der Waals surface area contributed by atoms with Crippen molar-refractivity contribution in [2.24, 2.45) is 0 Å². The summed E-state index contributed by atoms with van der Waals surface area (Å²) in [5.41, 5.74) is 4.22. The second-order valence-corrected chi connectivity index (χ2v) is 14.5.